The highest BCUT2D eigenvalue weighted by Crippen LogP contribution is 2.40. The van der Waals surface area contributed by atoms with Crippen LogP contribution in [0.15, 0.2) is 35.7 Å². The zero-order chi connectivity index (χ0) is 32.7. The van der Waals surface area contributed by atoms with Gasteiger partial charge in [-0.05, 0) is 116 Å². The van der Waals surface area contributed by atoms with Crippen LogP contribution < -0.4 is 4.74 Å². The van der Waals surface area contributed by atoms with Crippen LogP contribution in [0.4, 0.5) is 0 Å². The quantitative estimate of drug-likeness (QED) is 0.185. The molecule has 244 valence electrons. The Hall–Kier alpha value is -1.23. The molecule has 0 spiro atoms. The summed E-state index contributed by atoms with van der Waals surface area (Å²) in [6.07, 6.45) is 6.58. The van der Waals surface area contributed by atoms with E-state index >= 15 is 0 Å². The van der Waals surface area contributed by atoms with Gasteiger partial charge >= 0.3 is 0 Å². The standard InChI is InChI=1S/C36H62O4SSi2/c1-14-26(18-17-21-36(37,15-2)16-3)27-22-29(41-25-27)24-38-28-19-20-30(34(10,11)39-42-32(4,5)6)31(23-28)35(12,13)40-43-33(7,8)9/h18-20,22-23,25,37H,14-17,21,24,42-43H2,1-13H3. The summed E-state index contributed by atoms with van der Waals surface area (Å²) in [5, 5.41) is 13.3. The average molecular weight is 647 g/mol. The van der Waals surface area contributed by atoms with Crippen LogP contribution >= 0.6 is 11.3 Å². The third-order valence-corrected chi connectivity index (χ3v) is 12.5. The summed E-state index contributed by atoms with van der Waals surface area (Å²) in [5.41, 5.74) is 3.52. The van der Waals surface area contributed by atoms with E-state index in [1.54, 1.807) is 11.3 Å². The van der Waals surface area contributed by atoms with E-state index in [-0.39, 0.29) is 10.1 Å². The van der Waals surface area contributed by atoms with Crippen molar-refractivity contribution in [3.05, 3.63) is 57.3 Å². The van der Waals surface area contributed by atoms with Crippen molar-refractivity contribution < 1.29 is 18.7 Å². The van der Waals surface area contributed by atoms with Gasteiger partial charge in [-0.1, -0.05) is 74.5 Å². The van der Waals surface area contributed by atoms with Crippen molar-refractivity contribution in [2.24, 2.45) is 0 Å². The van der Waals surface area contributed by atoms with Gasteiger partial charge in [0.25, 0.3) is 0 Å². The third kappa shape index (κ3) is 12.2. The molecule has 43 heavy (non-hydrogen) atoms. The Kier molecular flexibility index (Phi) is 13.6. The summed E-state index contributed by atoms with van der Waals surface area (Å²) in [5.74, 6) is 0.858. The molecule has 2 rings (SSSR count). The number of allylic oxidation sites excluding steroid dienone is 2. The van der Waals surface area contributed by atoms with Gasteiger partial charge in [-0.15, -0.1) is 11.3 Å². The van der Waals surface area contributed by atoms with Gasteiger partial charge in [0.1, 0.15) is 12.4 Å². The van der Waals surface area contributed by atoms with Gasteiger partial charge in [0, 0.05) is 4.88 Å². The Labute approximate surface area is 272 Å². The highest BCUT2D eigenvalue weighted by molar-refractivity contribution is 7.10. The molecule has 0 aliphatic rings. The molecule has 0 unspecified atom stereocenters. The topological polar surface area (TPSA) is 47.9 Å². The molecule has 0 bridgehead atoms. The van der Waals surface area contributed by atoms with Crippen molar-refractivity contribution in [3.63, 3.8) is 0 Å². The molecule has 1 N–H and O–H groups in total. The molecule has 0 aliphatic heterocycles. The first-order valence-electron chi connectivity index (χ1n) is 16.3. The van der Waals surface area contributed by atoms with Crippen molar-refractivity contribution in [2.75, 3.05) is 0 Å². The lowest BCUT2D eigenvalue weighted by atomic mass is 9.85. The molecule has 2 aromatic rings. The molecule has 0 saturated carbocycles. The van der Waals surface area contributed by atoms with Crippen molar-refractivity contribution in [1.29, 1.82) is 0 Å². The minimum Gasteiger partial charge on any atom is -0.488 e. The van der Waals surface area contributed by atoms with Gasteiger partial charge in [-0.25, -0.2) is 0 Å². The number of rotatable bonds is 16. The molecular weight excluding hydrogens is 585 g/mol. The van der Waals surface area contributed by atoms with Crippen molar-refractivity contribution >= 4 is 36.4 Å². The molecule has 1 aromatic carbocycles. The summed E-state index contributed by atoms with van der Waals surface area (Å²) < 4.78 is 19.8. The SMILES string of the molecule is CCC(=CCCC(O)(CC)CC)c1csc(COc2ccc(C(C)(C)O[SiH2]C(C)(C)C)c(C(C)(C)O[SiH2]C(C)(C)C)c2)c1. The van der Waals surface area contributed by atoms with E-state index < -0.39 is 36.3 Å². The first kappa shape index (κ1) is 38.0. The maximum atomic E-state index is 10.7. The van der Waals surface area contributed by atoms with Gasteiger partial charge in [-0.2, -0.15) is 0 Å². The Morgan fingerprint density at radius 2 is 1.37 bits per heavy atom. The third-order valence-electron chi connectivity index (χ3n) is 8.12. The van der Waals surface area contributed by atoms with Crippen LogP contribution in [0.25, 0.3) is 5.57 Å². The number of thiophene rings is 1. The van der Waals surface area contributed by atoms with Crippen LogP contribution in [0.3, 0.4) is 0 Å². The first-order chi connectivity index (χ1) is 19.7. The monoisotopic (exact) mass is 646 g/mol. The van der Waals surface area contributed by atoms with E-state index in [1.165, 1.54) is 21.6 Å². The van der Waals surface area contributed by atoms with Crippen molar-refractivity contribution in [3.8, 4) is 5.75 Å². The summed E-state index contributed by atoms with van der Waals surface area (Å²) in [4.78, 5) is 1.20. The number of benzene rings is 1. The van der Waals surface area contributed by atoms with Crippen LogP contribution in [-0.4, -0.2) is 30.2 Å². The largest absolute Gasteiger partial charge is 0.488 e. The number of ether oxygens (including phenoxy) is 1. The number of aliphatic hydroxyl groups is 1. The Morgan fingerprint density at radius 1 is 0.814 bits per heavy atom. The number of hydrogen-bond acceptors (Lipinski definition) is 5. The fraction of sp³-hybridized carbons (Fsp3) is 0.667. The van der Waals surface area contributed by atoms with E-state index in [0.717, 1.165) is 43.4 Å². The van der Waals surface area contributed by atoms with Gasteiger partial charge in [-0.3, -0.25) is 0 Å². The highest BCUT2D eigenvalue weighted by Gasteiger charge is 2.34. The summed E-state index contributed by atoms with van der Waals surface area (Å²) in [6.45, 7) is 29.2. The Balaban J connectivity index is 2.28. The van der Waals surface area contributed by atoms with Crippen LogP contribution in [0, 0.1) is 0 Å². The Bertz CT molecular complexity index is 1180. The van der Waals surface area contributed by atoms with E-state index in [9.17, 15) is 5.11 Å². The molecule has 7 heteroatoms. The Morgan fingerprint density at radius 3 is 1.88 bits per heavy atom. The minimum absolute atomic E-state index is 0.201. The van der Waals surface area contributed by atoms with E-state index in [0.29, 0.717) is 6.61 Å². The van der Waals surface area contributed by atoms with Crippen LogP contribution in [-0.2, 0) is 26.7 Å². The predicted octanol–water partition coefficient (Wildman–Crippen LogP) is 9.56. The maximum absolute atomic E-state index is 10.7. The number of hydrogen-bond donors (Lipinski definition) is 1. The molecule has 0 aliphatic carbocycles. The fourth-order valence-electron chi connectivity index (χ4n) is 4.95. The lowest BCUT2D eigenvalue weighted by Crippen LogP contribution is -2.34. The smallest absolute Gasteiger partial charge is 0.168 e. The van der Waals surface area contributed by atoms with Gasteiger partial charge in [0.05, 0.1) is 16.8 Å². The lowest BCUT2D eigenvalue weighted by molar-refractivity contribution is 0.0246. The minimum atomic E-state index is -0.773. The molecule has 0 saturated heterocycles. The normalized spacial score (nSPS) is 14.5. The fourth-order valence-corrected chi connectivity index (χ4v) is 7.67. The van der Waals surface area contributed by atoms with Crippen molar-refractivity contribution in [2.45, 2.75) is 156 Å². The predicted molar refractivity (Wildman–Crippen MR) is 193 cm³/mol. The lowest BCUT2D eigenvalue weighted by Gasteiger charge is -2.37. The molecule has 1 aromatic heterocycles. The van der Waals surface area contributed by atoms with Crippen molar-refractivity contribution in [1.82, 2.24) is 0 Å². The second-order valence-electron chi connectivity index (χ2n) is 15.6. The van der Waals surface area contributed by atoms with Gasteiger partial charge < -0.3 is 18.7 Å². The van der Waals surface area contributed by atoms with Crippen LogP contribution in [0.5, 0.6) is 5.75 Å². The molecule has 0 atom stereocenters. The summed E-state index contributed by atoms with van der Waals surface area (Å²) in [7, 11) is -1.52. The van der Waals surface area contributed by atoms with E-state index in [2.05, 4.69) is 126 Å². The maximum Gasteiger partial charge on any atom is 0.168 e. The van der Waals surface area contributed by atoms with Gasteiger partial charge in [0.15, 0.2) is 19.5 Å². The summed E-state index contributed by atoms with van der Waals surface area (Å²) >= 11 is 1.75. The molecular formula is C36H62O4SSi2. The van der Waals surface area contributed by atoms with Gasteiger partial charge in [0.2, 0.25) is 0 Å². The molecule has 1 heterocycles. The zero-order valence-electron chi connectivity index (χ0n) is 29.7. The average Bonchev–Trinajstić information content (AvgIpc) is 3.40. The van der Waals surface area contributed by atoms with Crippen LogP contribution in [0.1, 0.15) is 144 Å². The van der Waals surface area contributed by atoms with Crippen LogP contribution in [0.2, 0.25) is 10.1 Å². The summed E-state index contributed by atoms with van der Waals surface area (Å²) in [6, 6.07) is 8.73. The zero-order valence-corrected chi connectivity index (χ0v) is 33.3. The highest BCUT2D eigenvalue weighted by atomic mass is 32.1. The molecule has 0 radical (unpaired) electrons. The molecule has 0 amide bonds. The second-order valence-corrected chi connectivity index (χ2v) is 22.0. The molecule has 0 fully saturated rings. The van der Waals surface area contributed by atoms with E-state index in [1.807, 2.05) is 0 Å². The molecule has 4 nitrogen and oxygen atoms in total. The first-order valence-corrected chi connectivity index (χ1v) is 19.7. The van der Waals surface area contributed by atoms with E-state index in [4.69, 9.17) is 13.6 Å². The second kappa shape index (κ2) is 15.4.